The van der Waals surface area contributed by atoms with Gasteiger partial charge in [0.15, 0.2) is 0 Å². The molecule has 2 aromatic rings. The molecule has 1 heterocycles. The lowest BCUT2D eigenvalue weighted by atomic mass is 10.1. The van der Waals surface area contributed by atoms with Crippen molar-refractivity contribution in [3.05, 3.63) is 59.9 Å². The quantitative estimate of drug-likeness (QED) is 0.725. The van der Waals surface area contributed by atoms with Crippen LogP contribution in [0.1, 0.15) is 37.5 Å². The number of hydrogen-bond acceptors (Lipinski definition) is 4. The van der Waals surface area contributed by atoms with Crippen molar-refractivity contribution in [3.63, 3.8) is 0 Å². The second-order valence-corrected chi connectivity index (χ2v) is 5.85. The van der Waals surface area contributed by atoms with Crippen LogP contribution < -0.4 is 4.74 Å². The highest BCUT2D eigenvalue weighted by atomic mass is 16.5. The third-order valence-electron chi connectivity index (χ3n) is 4.21. The van der Waals surface area contributed by atoms with E-state index in [1.807, 2.05) is 43.6 Å². The highest BCUT2D eigenvalue weighted by Gasteiger charge is 2.10. The number of likely N-dealkylation sites (N-methyl/N-ethyl adjacent to an activating group) is 1. The van der Waals surface area contributed by atoms with Crippen LogP contribution in [-0.2, 0) is 6.42 Å². The topological polar surface area (TPSA) is 45.6 Å². The van der Waals surface area contributed by atoms with E-state index in [-0.39, 0.29) is 0 Å². The zero-order valence-electron chi connectivity index (χ0n) is 14.7. The molecule has 0 fully saturated rings. The van der Waals surface area contributed by atoms with Gasteiger partial charge in [0.1, 0.15) is 5.75 Å². The third-order valence-corrected chi connectivity index (χ3v) is 4.21. The molecule has 4 heteroatoms. The van der Waals surface area contributed by atoms with Gasteiger partial charge < -0.3 is 14.7 Å². The molecular formula is C20H28N2O2. The SMILES string of the molecule is CCOc1ccc(C(O)CCN(CC)CCc2ccncc2)cc1. The second-order valence-electron chi connectivity index (χ2n) is 5.85. The van der Waals surface area contributed by atoms with E-state index in [1.165, 1.54) is 5.56 Å². The number of nitrogens with zero attached hydrogens (tertiary/aromatic N) is 2. The van der Waals surface area contributed by atoms with Crippen LogP contribution in [0.4, 0.5) is 0 Å². The van der Waals surface area contributed by atoms with Crippen molar-refractivity contribution in [1.82, 2.24) is 9.88 Å². The van der Waals surface area contributed by atoms with Gasteiger partial charge in [-0.05, 0) is 61.7 Å². The molecule has 0 spiro atoms. The maximum Gasteiger partial charge on any atom is 0.119 e. The van der Waals surface area contributed by atoms with E-state index >= 15 is 0 Å². The summed E-state index contributed by atoms with van der Waals surface area (Å²) >= 11 is 0. The molecular weight excluding hydrogens is 300 g/mol. The molecule has 1 unspecified atom stereocenters. The third kappa shape index (κ3) is 5.95. The van der Waals surface area contributed by atoms with Crippen molar-refractivity contribution in [2.75, 3.05) is 26.2 Å². The minimum absolute atomic E-state index is 0.435. The van der Waals surface area contributed by atoms with E-state index in [0.29, 0.717) is 6.61 Å². The summed E-state index contributed by atoms with van der Waals surface area (Å²) in [6.07, 6.45) is 4.98. The van der Waals surface area contributed by atoms with Gasteiger partial charge in [-0.2, -0.15) is 0 Å². The summed E-state index contributed by atoms with van der Waals surface area (Å²) in [5, 5.41) is 10.4. The second kappa shape index (κ2) is 10.1. The lowest BCUT2D eigenvalue weighted by Gasteiger charge is -2.22. The van der Waals surface area contributed by atoms with Gasteiger partial charge >= 0.3 is 0 Å². The Hall–Kier alpha value is -1.91. The van der Waals surface area contributed by atoms with Gasteiger partial charge in [0.25, 0.3) is 0 Å². The Balaban J connectivity index is 1.79. The Morgan fingerprint density at radius 2 is 1.75 bits per heavy atom. The molecule has 4 nitrogen and oxygen atoms in total. The average Bonchev–Trinajstić information content (AvgIpc) is 2.63. The number of aromatic nitrogens is 1. The monoisotopic (exact) mass is 328 g/mol. The van der Waals surface area contributed by atoms with Crippen molar-refractivity contribution in [2.45, 2.75) is 32.8 Å². The zero-order chi connectivity index (χ0) is 17.2. The minimum atomic E-state index is -0.435. The molecule has 0 radical (unpaired) electrons. The molecule has 0 bridgehead atoms. The van der Waals surface area contributed by atoms with E-state index < -0.39 is 6.10 Å². The summed E-state index contributed by atoms with van der Waals surface area (Å²) in [5.41, 5.74) is 2.25. The standard InChI is InChI=1S/C20H28N2O2/c1-3-22(15-11-17-9-13-21-14-10-17)16-12-20(23)18-5-7-19(8-6-18)24-4-2/h5-10,13-14,20,23H,3-4,11-12,15-16H2,1-2H3. The molecule has 1 atom stereocenters. The van der Waals surface area contributed by atoms with Crippen molar-refractivity contribution in [3.8, 4) is 5.75 Å². The van der Waals surface area contributed by atoms with Crippen LogP contribution in [0.3, 0.4) is 0 Å². The van der Waals surface area contributed by atoms with Crippen LogP contribution in [0.2, 0.25) is 0 Å². The molecule has 0 amide bonds. The van der Waals surface area contributed by atoms with E-state index in [0.717, 1.165) is 43.8 Å². The van der Waals surface area contributed by atoms with Gasteiger partial charge in [-0.15, -0.1) is 0 Å². The first kappa shape index (κ1) is 18.4. The maximum absolute atomic E-state index is 10.4. The Morgan fingerprint density at radius 1 is 1.04 bits per heavy atom. The summed E-state index contributed by atoms with van der Waals surface area (Å²) in [6, 6.07) is 11.9. The van der Waals surface area contributed by atoms with Crippen molar-refractivity contribution >= 4 is 0 Å². The van der Waals surface area contributed by atoms with Crippen LogP contribution in [0, 0.1) is 0 Å². The zero-order valence-corrected chi connectivity index (χ0v) is 14.7. The van der Waals surface area contributed by atoms with E-state index in [2.05, 4.69) is 28.9 Å². The smallest absolute Gasteiger partial charge is 0.119 e. The molecule has 1 N–H and O–H groups in total. The number of rotatable bonds is 10. The number of aliphatic hydroxyl groups excluding tert-OH is 1. The minimum Gasteiger partial charge on any atom is -0.494 e. The summed E-state index contributed by atoms with van der Waals surface area (Å²) < 4.78 is 5.44. The molecule has 0 saturated carbocycles. The van der Waals surface area contributed by atoms with Crippen LogP contribution in [-0.4, -0.2) is 41.2 Å². The van der Waals surface area contributed by atoms with Crippen LogP contribution in [0.25, 0.3) is 0 Å². The van der Waals surface area contributed by atoms with Crippen LogP contribution in [0.5, 0.6) is 5.75 Å². The average molecular weight is 328 g/mol. The molecule has 24 heavy (non-hydrogen) atoms. The normalized spacial score (nSPS) is 12.3. The van der Waals surface area contributed by atoms with Gasteiger partial charge in [0, 0.05) is 25.5 Å². The first-order valence-corrected chi connectivity index (χ1v) is 8.75. The van der Waals surface area contributed by atoms with Gasteiger partial charge in [-0.25, -0.2) is 0 Å². The van der Waals surface area contributed by atoms with Gasteiger partial charge in [-0.1, -0.05) is 19.1 Å². The fourth-order valence-electron chi connectivity index (χ4n) is 2.69. The lowest BCUT2D eigenvalue weighted by molar-refractivity contribution is 0.144. The summed E-state index contributed by atoms with van der Waals surface area (Å²) in [7, 11) is 0. The predicted molar refractivity (Wildman–Crippen MR) is 97.2 cm³/mol. The lowest BCUT2D eigenvalue weighted by Crippen LogP contribution is -2.28. The predicted octanol–water partition coefficient (Wildman–Crippen LogP) is 3.47. The molecule has 0 aliphatic carbocycles. The Bertz CT molecular complexity index is 572. The summed E-state index contributed by atoms with van der Waals surface area (Å²) in [5.74, 6) is 0.848. The Morgan fingerprint density at radius 3 is 2.38 bits per heavy atom. The number of benzene rings is 1. The molecule has 2 rings (SSSR count). The van der Waals surface area contributed by atoms with Crippen LogP contribution >= 0.6 is 0 Å². The molecule has 1 aromatic carbocycles. The molecule has 0 aliphatic rings. The summed E-state index contributed by atoms with van der Waals surface area (Å²) in [6.45, 7) is 7.66. The largest absolute Gasteiger partial charge is 0.494 e. The van der Waals surface area contributed by atoms with E-state index in [9.17, 15) is 5.11 Å². The Kier molecular flexibility index (Phi) is 7.72. The fourth-order valence-corrected chi connectivity index (χ4v) is 2.69. The van der Waals surface area contributed by atoms with E-state index in [4.69, 9.17) is 4.74 Å². The van der Waals surface area contributed by atoms with Crippen molar-refractivity contribution in [2.24, 2.45) is 0 Å². The Labute approximate surface area is 145 Å². The van der Waals surface area contributed by atoms with E-state index in [1.54, 1.807) is 0 Å². The fraction of sp³-hybridized carbons (Fsp3) is 0.450. The highest BCUT2D eigenvalue weighted by molar-refractivity contribution is 5.28. The van der Waals surface area contributed by atoms with Gasteiger partial charge in [-0.3, -0.25) is 4.98 Å². The maximum atomic E-state index is 10.4. The van der Waals surface area contributed by atoms with Gasteiger partial charge in [0.2, 0.25) is 0 Å². The van der Waals surface area contributed by atoms with Crippen LogP contribution in [0.15, 0.2) is 48.8 Å². The first-order valence-electron chi connectivity index (χ1n) is 8.75. The number of hydrogen-bond donors (Lipinski definition) is 1. The number of aliphatic hydroxyl groups is 1. The van der Waals surface area contributed by atoms with Crippen molar-refractivity contribution < 1.29 is 9.84 Å². The molecule has 0 saturated heterocycles. The molecule has 1 aromatic heterocycles. The van der Waals surface area contributed by atoms with Crippen molar-refractivity contribution in [1.29, 1.82) is 0 Å². The number of ether oxygens (including phenoxy) is 1. The molecule has 0 aliphatic heterocycles. The van der Waals surface area contributed by atoms with Gasteiger partial charge in [0.05, 0.1) is 12.7 Å². The first-order chi connectivity index (χ1) is 11.7. The highest BCUT2D eigenvalue weighted by Crippen LogP contribution is 2.20. The summed E-state index contributed by atoms with van der Waals surface area (Å²) in [4.78, 5) is 6.42. The number of pyridine rings is 1. The molecule has 130 valence electrons.